The molecule has 23 heavy (non-hydrogen) atoms. The number of hydrogen-bond donors (Lipinski definition) is 0. The molecule has 0 bridgehead atoms. The minimum Gasteiger partial charge on any atom is -0.500 e. The smallest absolute Gasteiger partial charge is 0.267 e. The van der Waals surface area contributed by atoms with Gasteiger partial charge in [0.1, 0.15) is 11.6 Å². The Kier molecular flexibility index (Phi) is 3.73. The lowest BCUT2D eigenvalue weighted by molar-refractivity contribution is 0.0702. The predicted molar refractivity (Wildman–Crippen MR) is 83.7 cm³/mol. The number of amides is 2. The molecule has 2 aliphatic rings. The molecule has 2 heterocycles. The number of hydrogen-bond acceptors (Lipinski definition) is 5. The van der Waals surface area contributed by atoms with E-state index in [0.717, 1.165) is 4.90 Å². The van der Waals surface area contributed by atoms with Gasteiger partial charge in [-0.3, -0.25) is 9.59 Å². The van der Waals surface area contributed by atoms with E-state index >= 15 is 0 Å². The maximum atomic E-state index is 12.5. The second-order valence-corrected chi connectivity index (χ2v) is 5.17. The zero-order valence-electron chi connectivity index (χ0n) is 13.1. The minimum absolute atomic E-state index is 0.214. The SMILES string of the molecule is COC1=CC=C(N2C(=O)c3ccccc3C2=O)N=C(OC)C1C. The Morgan fingerprint density at radius 2 is 1.61 bits per heavy atom. The molecule has 1 unspecified atom stereocenters. The van der Waals surface area contributed by atoms with E-state index < -0.39 is 11.8 Å². The molecule has 0 aliphatic carbocycles. The molecule has 1 aromatic rings. The third-order valence-electron chi connectivity index (χ3n) is 3.89. The van der Waals surface area contributed by atoms with Crippen LogP contribution in [0.25, 0.3) is 0 Å². The number of imide groups is 1. The molecule has 0 fully saturated rings. The van der Waals surface area contributed by atoms with Crippen molar-refractivity contribution in [3.8, 4) is 0 Å². The van der Waals surface area contributed by atoms with Gasteiger partial charge in [0.25, 0.3) is 11.8 Å². The van der Waals surface area contributed by atoms with Gasteiger partial charge in [-0.1, -0.05) is 12.1 Å². The van der Waals surface area contributed by atoms with Crippen LogP contribution < -0.4 is 0 Å². The van der Waals surface area contributed by atoms with Crippen LogP contribution in [0.3, 0.4) is 0 Å². The molecule has 1 aromatic carbocycles. The first-order chi connectivity index (χ1) is 11.1. The van der Waals surface area contributed by atoms with E-state index in [9.17, 15) is 9.59 Å². The van der Waals surface area contributed by atoms with Crippen LogP contribution >= 0.6 is 0 Å². The summed E-state index contributed by atoms with van der Waals surface area (Å²) in [6, 6.07) is 6.72. The molecular weight excluding hydrogens is 296 g/mol. The lowest BCUT2D eigenvalue weighted by Crippen LogP contribution is -2.29. The van der Waals surface area contributed by atoms with Crippen LogP contribution in [0.2, 0.25) is 0 Å². The number of methoxy groups -OCH3 is 2. The van der Waals surface area contributed by atoms with Gasteiger partial charge in [-0.05, 0) is 31.2 Å². The van der Waals surface area contributed by atoms with Crippen LogP contribution in [0.15, 0.2) is 53.0 Å². The van der Waals surface area contributed by atoms with Gasteiger partial charge in [0, 0.05) is 0 Å². The van der Waals surface area contributed by atoms with Crippen LogP contribution in [0, 0.1) is 5.92 Å². The van der Waals surface area contributed by atoms with Crippen molar-refractivity contribution >= 4 is 17.7 Å². The molecule has 1 atom stereocenters. The quantitative estimate of drug-likeness (QED) is 0.786. The molecule has 118 valence electrons. The summed E-state index contributed by atoms with van der Waals surface area (Å²) >= 11 is 0. The average molecular weight is 312 g/mol. The fraction of sp³-hybridized carbons (Fsp3) is 0.235. The van der Waals surface area contributed by atoms with Crippen LogP contribution in [0.1, 0.15) is 27.6 Å². The van der Waals surface area contributed by atoms with Crippen molar-refractivity contribution in [2.24, 2.45) is 10.9 Å². The molecule has 3 rings (SSSR count). The third kappa shape index (κ3) is 2.32. The Morgan fingerprint density at radius 1 is 1.00 bits per heavy atom. The first kappa shape index (κ1) is 15.0. The van der Waals surface area contributed by atoms with Gasteiger partial charge in [-0.25, -0.2) is 4.90 Å². The van der Waals surface area contributed by atoms with E-state index in [1.54, 1.807) is 43.5 Å². The molecule has 0 spiro atoms. The first-order valence-corrected chi connectivity index (χ1v) is 7.14. The molecule has 0 N–H and O–H groups in total. The summed E-state index contributed by atoms with van der Waals surface area (Å²) in [5.41, 5.74) is 0.751. The van der Waals surface area contributed by atoms with Gasteiger partial charge < -0.3 is 9.47 Å². The number of carbonyl (C=O) groups is 2. The molecule has 0 saturated heterocycles. The maximum absolute atomic E-state index is 12.5. The molecule has 0 radical (unpaired) electrons. The van der Waals surface area contributed by atoms with E-state index in [2.05, 4.69) is 4.99 Å². The average Bonchev–Trinajstić information content (AvgIpc) is 2.72. The van der Waals surface area contributed by atoms with Crippen molar-refractivity contribution < 1.29 is 19.1 Å². The van der Waals surface area contributed by atoms with Crippen molar-refractivity contribution in [2.45, 2.75) is 6.92 Å². The van der Waals surface area contributed by atoms with Gasteiger partial charge >= 0.3 is 0 Å². The lowest BCUT2D eigenvalue weighted by atomic mass is 10.1. The zero-order valence-corrected chi connectivity index (χ0v) is 13.1. The monoisotopic (exact) mass is 312 g/mol. The van der Waals surface area contributed by atoms with Crippen molar-refractivity contribution in [3.63, 3.8) is 0 Å². The van der Waals surface area contributed by atoms with Crippen LogP contribution in [0.4, 0.5) is 0 Å². The van der Waals surface area contributed by atoms with Gasteiger partial charge in [0.15, 0.2) is 5.90 Å². The van der Waals surface area contributed by atoms with Crippen molar-refractivity contribution in [3.05, 3.63) is 59.1 Å². The summed E-state index contributed by atoms with van der Waals surface area (Å²) in [7, 11) is 3.05. The Labute approximate surface area is 133 Å². The highest BCUT2D eigenvalue weighted by Gasteiger charge is 2.38. The van der Waals surface area contributed by atoms with Crippen molar-refractivity contribution in [1.29, 1.82) is 0 Å². The van der Waals surface area contributed by atoms with E-state index in [4.69, 9.17) is 9.47 Å². The standard InChI is InChI=1S/C17H16N2O4/c1-10-13(22-2)8-9-14(18-15(10)23-3)19-16(20)11-6-4-5-7-12(11)17(19)21/h4-10H,1-3H3. The third-order valence-corrected chi connectivity index (χ3v) is 3.89. The number of nitrogens with zero attached hydrogens (tertiary/aromatic N) is 2. The number of fused-ring (bicyclic) bond motifs is 1. The van der Waals surface area contributed by atoms with Crippen LogP contribution in [-0.4, -0.2) is 36.8 Å². The Balaban J connectivity index is 2.07. The second kappa shape index (κ2) is 5.72. The van der Waals surface area contributed by atoms with Gasteiger partial charge in [0.05, 0.1) is 31.3 Å². The van der Waals surface area contributed by atoms with Crippen LogP contribution in [0.5, 0.6) is 0 Å². The zero-order chi connectivity index (χ0) is 16.6. The first-order valence-electron chi connectivity index (χ1n) is 7.14. The van der Waals surface area contributed by atoms with Gasteiger partial charge in [-0.15, -0.1) is 0 Å². The van der Waals surface area contributed by atoms with E-state index in [0.29, 0.717) is 22.8 Å². The molecule has 6 heteroatoms. The summed E-state index contributed by atoms with van der Waals surface area (Å²) < 4.78 is 10.6. The molecule has 0 saturated carbocycles. The summed E-state index contributed by atoms with van der Waals surface area (Å²) in [6.07, 6.45) is 3.28. The van der Waals surface area contributed by atoms with E-state index in [1.165, 1.54) is 7.11 Å². The normalized spacial score (nSPS) is 20.4. The topological polar surface area (TPSA) is 68.2 Å². The van der Waals surface area contributed by atoms with E-state index in [-0.39, 0.29) is 11.7 Å². The highest BCUT2D eigenvalue weighted by Crippen LogP contribution is 2.29. The molecule has 0 aromatic heterocycles. The van der Waals surface area contributed by atoms with Crippen molar-refractivity contribution in [1.82, 2.24) is 4.90 Å². The minimum atomic E-state index is -0.391. The number of benzene rings is 1. The van der Waals surface area contributed by atoms with Crippen LogP contribution in [-0.2, 0) is 9.47 Å². The lowest BCUT2D eigenvalue weighted by Gasteiger charge is -2.16. The van der Waals surface area contributed by atoms with E-state index in [1.807, 2.05) is 6.92 Å². The highest BCUT2D eigenvalue weighted by molar-refractivity contribution is 6.22. The Hall–Kier alpha value is -2.89. The summed E-state index contributed by atoms with van der Waals surface area (Å²) in [5, 5.41) is 0. The highest BCUT2D eigenvalue weighted by atomic mass is 16.5. The fourth-order valence-corrected chi connectivity index (χ4v) is 2.66. The molecule has 6 nitrogen and oxygen atoms in total. The summed E-state index contributed by atoms with van der Waals surface area (Å²) in [5.74, 6) is 0.229. The number of aliphatic imine (C=N–C) groups is 1. The Morgan fingerprint density at radius 3 is 2.13 bits per heavy atom. The largest absolute Gasteiger partial charge is 0.500 e. The molecule has 2 amide bonds. The number of ether oxygens (including phenoxy) is 2. The van der Waals surface area contributed by atoms with Crippen molar-refractivity contribution in [2.75, 3.05) is 14.2 Å². The molecule has 2 aliphatic heterocycles. The van der Waals surface area contributed by atoms with Gasteiger partial charge in [-0.2, -0.15) is 4.99 Å². The fourth-order valence-electron chi connectivity index (χ4n) is 2.66. The Bertz CT molecular complexity index is 742. The molecular formula is C17H16N2O4. The summed E-state index contributed by atoms with van der Waals surface area (Å²) in [6.45, 7) is 1.87. The number of rotatable bonds is 2. The second-order valence-electron chi connectivity index (χ2n) is 5.17. The number of allylic oxidation sites excluding steroid dienone is 2. The maximum Gasteiger partial charge on any atom is 0.267 e. The van der Waals surface area contributed by atoms with Gasteiger partial charge in [0.2, 0.25) is 0 Å². The predicted octanol–water partition coefficient (Wildman–Crippen LogP) is 2.35. The number of carbonyl (C=O) groups excluding carboxylic acids is 2. The summed E-state index contributed by atoms with van der Waals surface area (Å²) in [4.78, 5) is 30.5.